The van der Waals surface area contributed by atoms with Crippen molar-refractivity contribution < 1.29 is 14.3 Å². The Morgan fingerprint density at radius 1 is 1.25 bits per heavy atom. The van der Waals surface area contributed by atoms with Crippen molar-refractivity contribution in [2.24, 2.45) is 0 Å². The normalized spacial score (nSPS) is 13.5. The zero-order chi connectivity index (χ0) is 12.6. The van der Waals surface area contributed by atoms with E-state index < -0.39 is 14.5 Å². The Labute approximate surface area is 100 Å². The summed E-state index contributed by atoms with van der Waals surface area (Å²) in [7, 11) is -2.06. The number of carbonyl (C=O) groups is 1. The predicted molar refractivity (Wildman–Crippen MR) is 69.4 cm³/mol. The van der Waals surface area contributed by atoms with E-state index in [-0.39, 0.29) is 0 Å². The van der Waals surface area contributed by atoms with Gasteiger partial charge in [-0.25, -0.2) is 4.79 Å². The van der Waals surface area contributed by atoms with Crippen LogP contribution in [0, 0.1) is 0 Å². The second-order valence-corrected chi connectivity index (χ2v) is 9.27. The van der Waals surface area contributed by atoms with Crippen LogP contribution in [0.1, 0.15) is 53.4 Å². The minimum atomic E-state index is -2.06. The molecule has 0 aliphatic carbocycles. The molecule has 3 nitrogen and oxygen atoms in total. The maximum absolute atomic E-state index is 10.8. The fourth-order valence-electron chi connectivity index (χ4n) is 2.33. The lowest BCUT2D eigenvalue weighted by atomic mass is 10.2. The third-order valence-corrected chi connectivity index (χ3v) is 8.69. The molecule has 0 bridgehead atoms. The molecule has 0 aliphatic heterocycles. The van der Waals surface area contributed by atoms with Crippen LogP contribution in [-0.2, 0) is 4.43 Å². The van der Waals surface area contributed by atoms with E-state index >= 15 is 0 Å². The van der Waals surface area contributed by atoms with E-state index in [1.807, 2.05) is 0 Å². The lowest BCUT2D eigenvalue weighted by Gasteiger charge is -2.33. The summed E-state index contributed by atoms with van der Waals surface area (Å²) in [5.74, 6) is 0. The van der Waals surface area contributed by atoms with Crippen LogP contribution in [0.15, 0.2) is 0 Å². The smallest absolute Gasteiger partial charge is 0.489 e. The number of rotatable bonds is 8. The number of unbranched alkanes of at least 4 members (excludes halogenated alkanes) is 2. The molecule has 0 heterocycles. The highest BCUT2D eigenvalue weighted by Gasteiger charge is 2.40. The first-order valence-electron chi connectivity index (χ1n) is 6.44. The van der Waals surface area contributed by atoms with Crippen LogP contribution < -0.4 is 0 Å². The summed E-state index contributed by atoms with van der Waals surface area (Å²) in [6.07, 6.45) is 3.65. The minimum absolute atomic E-state index is 0.435. The van der Waals surface area contributed by atoms with Gasteiger partial charge in [-0.15, -0.1) is 0 Å². The third kappa shape index (κ3) is 4.55. The van der Waals surface area contributed by atoms with Crippen molar-refractivity contribution in [1.29, 1.82) is 0 Å². The first-order valence-corrected chi connectivity index (χ1v) is 8.84. The molecule has 96 valence electrons. The number of carboxylic acid groups (broad SMARTS) is 1. The summed E-state index contributed by atoms with van der Waals surface area (Å²) in [6, 6.07) is 1.78. The van der Waals surface area contributed by atoms with E-state index in [4.69, 9.17) is 9.53 Å². The van der Waals surface area contributed by atoms with Crippen molar-refractivity contribution in [2.45, 2.75) is 71.0 Å². The van der Waals surface area contributed by atoms with Crippen molar-refractivity contribution in [3.05, 3.63) is 0 Å². The van der Waals surface area contributed by atoms with Crippen molar-refractivity contribution >= 4 is 14.5 Å². The lowest BCUT2D eigenvalue weighted by Crippen LogP contribution is -2.42. The Kier molecular flexibility index (Phi) is 7.46. The molecule has 0 aliphatic rings. The van der Waals surface area contributed by atoms with Crippen molar-refractivity contribution in [3.8, 4) is 0 Å². The van der Waals surface area contributed by atoms with Gasteiger partial charge < -0.3 is 9.53 Å². The molecule has 1 unspecified atom stereocenters. The maximum Gasteiger partial charge on any atom is 0.491 e. The average molecular weight is 246 g/mol. The Morgan fingerprint density at radius 3 is 2.19 bits per heavy atom. The monoisotopic (exact) mass is 246 g/mol. The van der Waals surface area contributed by atoms with Gasteiger partial charge in [-0.3, -0.25) is 0 Å². The Hall–Kier alpha value is -0.513. The van der Waals surface area contributed by atoms with Gasteiger partial charge in [-0.1, -0.05) is 47.0 Å². The van der Waals surface area contributed by atoms with Crippen LogP contribution in [0.3, 0.4) is 0 Å². The van der Waals surface area contributed by atoms with Gasteiger partial charge >= 0.3 is 6.16 Å². The van der Waals surface area contributed by atoms with Crippen LogP contribution in [0.25, 0.3) is 0 Å². The molecule has 4 heteroatoms. The molecular formula is C12H26O3Si. The lowest BCUT2D eigenvalue weighted by molar-refractivity contribution is 0.139. The second-order valence-electron chi connectivity index (χ2n) is 4.54. The summed E-state index contributed by atoms with van der Waals surface area (Å²) in [6.45, 7) is 8.48. The first-order chi connectivity index (χ1) is 7.52. The summed E-state index contributed by atoms with van der Waals surface area (Å²) < 4.78 is 5.28. The zero-order valence-corrected chi connectivity index (χ0v) is 12.1. The topological polar surface area (TPSA) is 46.5 Å². The molecule has 16 heavy (non-hydrogen) atoms. The van der Waals surface area contributed by atoms with Crippen LogP contribution >= 0.6 is 0 Å². The average Bonchev–Trinajstić information content (AvgIpc) is 2.25. The maximum atomic E-state index is 10.8. The molecule has 0 amide bonds. The molecule has 1 N–H and O–H groups in total. The van der Waals surface area contributed by atoms with Crippen molar-refractivity contribution in [3.63, 3.8) is 0 Å². The van der Waals surface area contributed by atoms with Crippen LogP contribution in [-0.4, -0.2) is 19.6 Å². The van der Waals surface area contributed by atoms with Gasteiger partial charge in [-0.2, -0.15) is 0 Å². The highest BCUT2D eigenvalue weighted by molar-refractivity contribution is 6.76. The van der Waals surface area contributed by atoms with E-state index in [0.717, 1.165) is 18.5 Å². The predicted octanol–water partition coefficient (Wildman–Crippen LogP) is 4.64. The highest BCUT2D eigenvalue weighted by atomic mass is 28.4. The fourth-order valence-corrected chi connectivity index (χ4v) is 5.79. The largest absolute Gasteiger partial charge is 0.491 e. The van der Waals surface area contributed by atoms with Gasteiger partial charge in [0.2, 0.25) is 0 Å². The molecule has 0 spiro atoms. The molecule has 0 radical (unpaired) electrons. The van der Waals surface area contributed by atoms with Crippen LogP contribution in [0.2, 0.25) is 17.6 Å². The molecule has 0 rings (SSSR count). The van der Waals surface area contributed by atoms with Gasteiger partial charge in [0.25, 0.3) is 8.32 Å². The molecular weight excluding hydrogens is 220 g/mol. The molecule has 1 atom stereocenters. The fraction of sp³-hybridized carbons (Fsp3) is 0.917. The quantitative estimate of drug-likeness (QED) is 0.501. The van der Waals surface area contributed by atoms with E-state index in [2.05, 4.69) is 27.7 Å². The van der Waals surface area contributed by atoms with E-state index in [1.54, 1.807) is 0 Å². The van der Waals surface area contributed by atoms with Crippen molar-refractivity contribution in [2.75, 3.05) is 0 Å². The van der Waals surface area contributed by atoms with Crippen molar-refractivity contribution in [1.82, 2.24) is 0 Å². The van der Waals surface area contributed by atoms with Gasteiger partial charge in [-0.05, 0) is 24.1 Å². The number of hydrogen-bond donors (Lipinski definition) is 1. The van der Waals surface area contributed by atoms with Crippen LogP contribution in [0.4, 0.5) is 4.79 Å². The summed E-state index contributed by atoms with van der Waals surface area (Å²) in [4.78, 5) is 10.8. The molecule has 0 aromatic carbocycles. The Bertz CT molecular complexity index is 202. The molecule has 0 aromatic heterocycles. The summed E-state index contributed by atoms with van der Waals surface area (Å²) in [5.41, 5.74) is 0.435. The van der Waals surface area contributed by atoms with Gasteiger partial charge in [0.15, 0.2) is 0 Å². The van der Waals surface area contributed by atoms with E-state index in [1.165, 1.54) is 19.3 Å². The molecule has 0 fully saturated rings. The summed E-state index contributed by atoms with van der Waals surface area (Å²) in [5, 5.41) is 8.84. The zero-order valence-electron chi connectivity index (χ0n) is 11.1. The molecule has 0 aromatic rings. The Balaban J connectivity index is 4.42. The van der Waals surface area contributed by atoms with Crippen LogP contribution in [0.5, 0.6) is 0 Å². The standard InChI is InChI=1S/C12H26O3Si/c1-5-8-9-10-11(4)16(6-2,7-3)15-12(13)14/h11H,5-10H2,1-4H3,(H,13,14). The minimum Gasteiger partial charge on any atom is -0.489 e. The van der Waals surface area contributed by atoms with E-state index in [0.29, 0.717) is 5.54 Å². The number of hydrogen-bond acceptors (Lipinski definition) is 2. The first kappa shape index (κ1) is 15.5. The van der Waals surface area contributed by atoms with E-state index in [9.17, 15) is 4.79 Å². The molecule has 0 saturated heterocycles. The van der Waals surface area contributed by atoms with Gasteiger partial charge in [0, 0.05) is 0 Å². The SMILES string of the molecule is CCCCCC(C)[Si](CC)(CC)OC(=O)O. The second kappa shape index (κ2) is 7.71. The Morgan fingerprint density at radius 2 is 1.81 bits per heavy atom. The molecule has 0 saturated carbocycles. The third-order valence-electron chi connectivity index (χ3n) is 3.63. The summed E-state index contributed by atoms with van der Waals surface area (Å²) >= 11 is 0. The van der Waals surface area contributed by atoms with Gasteiger partial charge in [0.1, 0.15) is 0 Å². The highest BCUT2D eigenvalue weighted by Crippen LogP contribution is 2.34. The van der Waals surface area contributed by atoms with Gasteiger partial charge in [0.05, 0.1) is 0 Å².